The highest BCUT2D eigenvalue weighted by Crippen LogP contribution is 2.33. The van der Waals surface area contributed by atoms with Gasteiger partial charge in [-0.15, -0.1) is 0 Å². The number of aromatic nitrogens is 4. The summed E-state index contributed by atoms with van der Waals surface area (Å²) in [5.41, 5.74) is 4.90. The first-order chi connectivity index (χ1) is 29.1. The van der Waals surface area contributed by atoms with Gasteiger partial charge in [0.1, 0.15) is 29.6 Å². The number of H-pyrrole nitrogens is 1. The predicted octanol–water partition coefficient (Wildman–Crippen LogP) is 4.24. The highest BCUT2D eigenvalue weighted by atomic mass is 16.5. The number of allylic oxidation sites excluding steroid dienone is 1. The Morgan fingerprint density at radius 2 is 1.62 bits per heavy atom. The Kier molecular flexibility index (Phi) is 11.3. The van der Waals surface area contributed by atoms with Crippen LogP contribution in [0, 0.1) is 5.92 Å². The molecule has 4 fully saturated rings. The first-order valence-corrected chi connectivity index (χ1v) is 21.7. The quantitative estimate of drug-likeness (QED) is 0.209. The van der Waals surface area contributed by atoms with Crippen molar-refractivity contribution in [2.75, 3.05) is 88.3 Å². The van der Waals surface area contributed by atoms with Crippen LogP contribution in [0.1, 0.15) is 67.2 Å². The average molecular weight is 816 g/mol. The van der Waals surface area contributed by atoms with Gasteiger partial charge in [-0.1, -0.05) is 6.58 Å². The molecule has 0 radical (unpaired) electrons. The summed E-state index contributed by atoms with van der Waals surface area (Å²) >= 11 is 0. The number of nitrogens with zero attached hydrogens (tertiary/aromatic N) is 9. The van der Waals surface area contributed by atoms with Crippen LogP contribution < -0.4 is 19.9 Å². The Hall–Kier alpha value is -5.38. The number of piperidine rings is 2. The van der Waals surface area contributed by atoms with Gasteiger partial charge in [0, 0.05) is 94.3 Å². The van der Waals surface area contributed by atoms with Gasteiger partial charge in [-0.05, 0) is 102 Å². The molecule has 0 bridgehead atoms. The molecule has 7 heterocycles. The molecule has 0 aliphatic carbocycles. The van der Waals surface area contributed by atoms with Gasteiger partial charge in [-0.2, -0.15) is 5.10 Å². The standard InChI is InChI=1S/C45H57N11O4/c1-29(2)60-34-7-9-38-37(24-34)42(50-49-38)39-25-41(47-28-46-39)55-22-21-53(31(4)26-55)18-15-51-13-11-32(12-14-51)27-52-16-19-54(20-17-52)33-6-8-35-36(23-33)45(59)56(44(35)58)40-10-5-30(3)48-43(40)57/h6-9,23-25,28-29,31-32,40H,3,5,10-22,26-27H2,1-2,4H3,(H,48,57)(H,49,50)/t31-,40?/m0/s1. The molecule has 15 heteroatoms. The minimum Gasteiger partial charge on any atom is -0.491 e. The maximum absolute atomic E-state index is 13.4. The van der Waals surface area contributed by atoms with E-state index in [1.807, 2.05) is 44.2 Å². The molecule has 2 aromatic heterocycles. The molecule has 0 spiro atoms. The summed E-state index contributed by atoms with van der Waals surface area (Å²) in [5.74, 6) is 1.34. The van der Waals surface area contributed by atoms with Gasteiger partial charge in [-0.25, -0.2) is 9.97 Å². The van der Waals surface area contributed by atoms with Crippen LogP contribution in [0.5, 0.6) is 5.75 Å². The average Bonchev–Trinajstić information content (AvgIpc) is 3.78. The van der Waals surface area contributed by atoms with E-state index in [0.717, 1.165) is 123 Å². The number of piperazine rings is 2. The molecule has 2 N–H and O–H groups in total. The summed E-state index contributed by atoms with van der Waals surface area (Å²) < 4.78 is 5.94. The van der Waals surface area contributed by atoms with Crippen molar-refractivity contribution in [1.82, 2.24) is 45.1 Å². The molecule has 60 heavy (non-hydrogen) atoms. The Morgan fingerprint density at radius 1 is 0.833 bits per heavy atom. The number of amides is 3. The molecular weight excluding hydrogens is 759 g/mol. The lowest BCUT2D eigenvalue weighted by atomic mass is 9.96. The number of carbonyl (C=O) groups excluding carboxylic acids is 3. The van der Waals surface area contributed by atoms with Crippen LogP contribution in [0.25, 0.3) is 22.3 Å². The van der Waals surface area contributed by atoms with Crippen LogP contribution in [0.2, 0.25) is 0 Å². The molecule has 1 unspecified atom stereocenters. The van der Waals surface area contributed by atoms with Crippen molar-refractivity contribution in [3.63, 3.8) is 0 Å². The SMILES string of the molecule is C=C1CCC(N2C(=O)c3ccc(N4CCN(CC5CCN(CCN6CCN(c7cc(-c8n[nH]c9ccc(OC(C)C)cc89)ncn7)C[C@@H]6C)CC5)CC4)cc3C2=O)C(=O)N1. The highest BCUT2D eigenvalue weighted by molar-refractivity contribution is 6.23. The van der Waals surface area contributed by atoms with Gasteiger partial charge in [0.25, 0.3) is 11.8 Å². The molecule has 4 saturated heterocycles. The monoisotopic (exact) mass is 815 g/mol. The Bertz CT molecular complexity index is 2260. The van der Waals surface area contributed by atoms with Crippen LogP contribution in [0.3, 0.4) is 0 Å². The molecule has 5 aliphatic rings. The van der Waals surface area contributed by atoms with Crippen LogP contribution in [0.15, 0.2) is 61.1 Å². The van der Waals surface area contributed by atoms with Crippen molar-refractivity contribution >= 4 is 40.1 Å². The molecule has 2 atom stereocenters. The Morgan fingerprint density at radius 3 is 2.38 bits per heavy atom. The van der Waals surface area contributed by atoms with Crippen molar-refractivity contribution < 1.29 is 19.1 Å². The zero-order valence-corrected chi connectivity index (χ0v) is 35.1. The molecule has 9 rings (SSSR count). The molecular formula is C45H57N11O4. The second kappa shape index (κ2) is 16.9. The fourth-order valence-corrected chi connectivity index (χ4v) is 9.67. The Labute approximate surface area is 351 Å². The number of hydrogen-bond donors (Lipinski definition) is 2. The van der Waals surface area contributed by atoms with Crippen molar-refractivity contribution in [2.24, 2.45) is 5.92 Å². The van der Waals surface area contributed by atoms with Gasteiger partial charge in [0.05, 0.1) is 28.4 Å². The number of carbonyl (C=O) groups is 3. The predicted molar refractivity (Wildman–Crippen MR) is 231 cm³/mol. The number of hydrogen-bond acceptors (Lipinski definition) is 12. The summed E-state index contributed by atoms with van der Waals surface area (Å²) in [6.45, 7) is 22.3. The molecule has 4 aromatic rings. The van der Waals surface area contributed by atoms with E-state index >= 15 is 0 Å². The maximum Gasteiger partial charge on any atom is 0.262 e. The highest BCUT2D eigenvalue weighted by Gasteiger charge is 2.44. The fraction of sp³-hybridized carbons (Fsp3) is 0.511. The van der Waals surface area contributed by atoms with Crippen molar-refractivity contribution in [1.29, 1.82) is 0 Å². The van der Waals surface area contributed by atoms with Gasteiger partial charge >= 0.3 is 0 Å². The zero-order chi connectivity index (χ0) is 41.5. The number of fused-ring (bicyclic) bond motifs is 2. The van der Waals surface area contributed by atoms with Crippen molar-refractivity contribution in [2.45, 2.75) is 64.6 Å². The first-order valence-electron chi connectivity index (χ1n) is 21.7. The second-order valence-corrected chi connectivity index (χ2v) is 17.5. The largest absolute Gasteiger partial charge is 0.491 e. The van der Waals surface area contributed by atoms with Crippen molar-refractivity contribution in [3.8, 4) is 17.1 Å². The lowest BCUT2D eigenvalue weighted by Gasteiger charge is -2.42. The summed E-state index contributed by atoms with van der Waals surface area (Å²) in [7, 11) is 0. The summed E-state index contributed by atoms with van der Waals surface area (Å²) in [4.78, 5) is 62.2. The second-order valence-electron chi connectivity index (χ2n) is 17.5. The number of ether oxygens (including phenoxy) is 1. The van der Waals surface area contributed by atoms with Gasteiger partial charge in [0.15, 0.2) is 0 Å². The van der Waals surface area contributed by atoms with E-state index in [9.17, 15) is 14.4 Å². The normalized spacial score (nSPS) is 22.6. The van der Waals surface area contributed by atoms with Crippen LogP contribution >= 0.6 is 0 Å². The van der Waals surface area contributed by atoms with Crippen LogP contribution in [-0.2, 0) is 4.79 Å². The lowest BCUT2D eigenvalue weighted by molar-refractivity contribution is -0.125. The van der Waals surface area contributed by atoms with E-state index in [-0.39, 0.29) is 23.8 Å². The molecule has 316 valence electrons. The topological polar surface area (TPSA) is 146 Å². The molecule has 5 aliphatic heterocycles. The maximum atomic E-state index is 13.4. The third-order valence-electron chi connectivity index (χ3n) is 13.1. The number of rotatable bonds is 11. The van der Waals surface area contributed by atoms with E-state index < -0.39 is 6.04 Å². The van der Waals surface area contributed by atoms with Gasteiger partial charge in [0.2, 0.25) is 5.91 Å². The van der Waals surface area contributed by atoms with Crippen LogP contribution in [0.4, 0.5) is 11.5 Å². The molecule has 3 amide bonds. The number of likely N-dealkylation sites (tertiary alicyclic amines) is 1. The minimum absolute atomic E-state index is 0.0920. The first kappa shape index (κ1) is 40.0. The zero-order valence-electron chi connectivity index (χ0n) is 35.1. The third kappa shape index (κ3) is 8.22. The summed E-state index contributed by atoms with van der Waals surface area (Å²) in [6.07, 6.45) is 5.14. The number of nitrogens with one attached hydrogen (secondary N) is 2. The van der Waals surface area contributed by atoms with E-state index in [4.69, 9.17) is 4.74 Å². The molecule has 0 saturated carbocycles. The molecule has 2 aromatic carbocycles. The van der Waals surface area contributed by atoms with Crippen LogP contribution in [-0.4, -0.2) is 154 Å². The van der Waals surface area contributed by atoms with E-state index in [1.165, 1.54) is 12.8 Å². The smallest absolute Gasteiger partial charge is 0.262 e. The number of aromatic amines is 1. The fourth-order valence-electron chi connectivity index (χ4n) is 9.67. The summed E-state index contributed by atoms with van der Waals surface area (Å²) in [6, 6.07) is 13.2. The Balaban J connectivity index is 0.707. The van der Waals surface area contributed by atoms with Gasteiger partial charge in [-0.3, -0.25) is 34.2 Å². The summed E-state index contributed by atoms with van der Waals surface area (Å²) in [5, 5.41) is 11.4. The van der Waals surface area contributed by atoms with E-state index in [1.54, 1.807) is 12.4 Å². The lowest BCUT2D eigenvalue weighted by Crippen LogP contribution is -2.54. The number of anilines is 2. The number of imide groups is 1. The number of benzene rings is 2. The van der Waals surface area contributed by atoms with Gasteiger partial charge < -0.3 is 24.8 Å². The van der Waals surface area contributed by atoms with E-state index in [0.29, 0.717) is 41.6 Å². The van der Waals surface area contributed by atoms with E-state index in [2.05, 4.69) is 69.6 Å². The molecule has 15 nitrogen and oxygen atoms in total. The minimum atomic E-state index is -0.796. The third-order valence-corrected chi connectivity index (χ3v) is 13.1. The van der Waals surface area contributed by atoms with Crippen molar-refractivity contribution in [3.05, 3.63) is 72.2 Å².